The predicted molar refractivity (Wildman–Crippen MR) is 135 cm³/mol. The van der Waals surface area contributed by atoms with E-state index in [2.05, 4.69) is 21.6 Å². The predicted octanol–water partition coefficient (Wildman–Crippen LogP) is 2.93. The van der Waals surface area contributed by atoms with Gasteiger partial charge in [-0.3, -0.25) is 18.6 Å². The number of amides is 1. The summed E-state index contributed by atoms with van der Waals surface area (Å²) in [4.78, 5) is 31.4. The van der Waals surface area contributed by atoms with Crippen LogP contribution in [0.2, 0.25) is 0 Å². The number of rotatable bonds is 4. The van der Waals surface area contributed by atoms with Crippen LogP contribution in [0.3, 0.4) is 0 Å². The first-order chi connectivity index (χ1) is 17.7. The van der Waals surface area contributed by atoms with Gasteiger partial charge < -0.3 is 9.88 Å². The zero-order chi connectivity index (χ0) is 24.2. The fraction of sp³-hybridized carbons (Fsp3) is 0.148. The van der Waals surface area contributed by atoms with Crippen LogP contribution >= 0.6 is 0 Å². The smallest absolute Gasteiger partial charge is 0.261 e. The van der Waals surface area contributed by atoms with E-state index in [0.29, 0.717) is 35.5 Å². The minimum atomic E-state index is -0.161. The second kappa shape index (κ2) is 7.88. The van der Waals surface area contributed by atoms with E-state index in [4.69, 9.17) is 4.98 Å². The topological polar surface area (TPSA) is 99.1 Å². The van der Waals surface area contributed by atoms with E-state index < -0.39 is 0 Å². The van der Waals surface area contributed by atoms with Crippen LogP contribution in [0, 0.1) is 0 Å². The SMILES string of the molecule is O=C(Cn1c2c(c3ccccc31)CCn1c-2nc2ccccc2c1=O)NCc1nnc2ccccn12. The van der Waals surface area contributed by atoms with Crippen LogP contribution in [0.25, 0.3) is 39.0 Å². The Balaban J connectivity index is 1.30. The minimum absolute atomic E-state index is 0.0545. The maximum atomic E-state index is 13.3. The van der Waals surface area contributed by atoms with Crippen molar-refractivity contribution in [3.05, 3.63) is 94.7 Å². The van der Waals surface area contributed by atoms with Crippen molar-refractivity contribution >= 4 is 33.4 Å². The molecule has 0 fully saturated rings. The van der Waals surface area contributed by atoms with Crippen LogP contribution in [0.15, 0.2) is 77.7 Å². The lowest BCUT2D eigenvalue weighted by atomic mass is 10.0. The molecule has 1 aliphatic rings. The van der Waals surface area contributed by atoms with Gasteiger partial charge in [0.15, 0.2) is 17.3 Å². The molecule has 176 valence electrons. The van der Waals surface area contributed by atoms with E-state index in [1.807, 2.05) is 75.8 Å². The number of para-hydroxylation sites is 2. The van der Waals surface area contributed by atoms with Crippen molar-refractivity contribution < 1.29 is 4.79 Å². The van der Waals surface area contributed by atoms with E-state index in [-0.39, 0.29) is 24.6 Å². The average Bonchev–Trinajstić information content (AvgIpc) is 3.47. The molecule has 4 aromatic heterocycles. The third-order valence-electron chi connectivity index (χ3n) is 6.86. The molecule has 9 heteroatoms. The van der Waals surface area contributed by atoms with E-state index in [0.717, 1.165) is 27.8 Å². The van der Waals surface area contributed by atoms with Gasteiger partial charge >= 0.3 is 0 Å². The van der Waals surface area contributed by atoms with Gasteiger partial charge in [0.1, 0.15) is 6.54 Å². The average molecular weight is 476 g/mol. The first-order valence-electron chi connectivity index (χ1n) is 11.8. The summed E-state index contributed by atoms with van der Waals surface area (Å²) in [6.07, 6.45) is 2.57. The highest BCUT2D eigenvalue weighted by atomic mass is 16.2. The first-order valence-corrected chi connectivity index (χ1v) is 11.8. The van der Waals surface area contributed by atoms with E-state index >= 15 is 0 Å². The van der Waals surface area contributed by atoms with Crippen LogP contribution in [-0.4, -0.2) is 34.6 Å². The quantitative estimate of drug-likeness (QED) is 0.423. The Morgan fingerprint density at radius 1 is 0.944 bits per heavy atom. The van der Waals surface area contributed by atoms with Gasteiger partial charge in [0.05, 0.1) is 23.1 Å². The number of aryl methyl sites for hydroxylation is 1. The fourth-order valence-electron chi connectivity index (χ4n) is 5.22. The Morgan fingerprint density at radius 2 is 1.75 bits per heavy atom. The van der Waals surface area contributed by atoms with Crippen LogP contribution in [-0.2, 0) is 30.8 Å². The highest BCUT2D eigenvalue weighted by molar-refractivity contribution is 5.93. The molecule has 0 spiro atoms. The maximum Gasteiger partial charge on any atom is 0.261 e. The summed E-state index contributed by atoms with van der Waals surface area (Å²) < 4.78 is 5.57. The van der Waals surface area contributed by atoms with E-state index in [1.165, 1.54) is 0 Å². The molecule has 0 atom stereocenters. The third kappa shape index (κ3) is 3.06. The van der Waals surface area contributed by atoms with Gasteiger partial charge in [-0.1, -0.05) is 36.4 Å². The third-order valence-corrected chi connectivity index (χ3v) is 6.86. The Bertz CT molecular complexity index is 1880. The summed E-state index contributed by atoms with van der Waals surface area (Å²) in [6, 6.07) is 21.1. The van der Waals surface area contributed by atoms with Gasteiger partial charge in [-0.25, -0.2) is 4.98 Å². The monoisotopic (exact) mass is 475 g/mol. The molecule has 36 heavy (non-hydrogen) atoms. The number of pyridine rings is 1. The Hall–Kier alpha value is -4.79. The van der Waals surface area contributed by atoms with Crippen molar-refractivity contribution in [2.75, 3.05) is 0 Å². The number of aromatic nitrogens is 6. The lowest BCUT2D eigenvalue weighted by Crippen LogP contribution is -2.31. The molecule has 1 aliphatic heterocycles. The summed E-state index contributed by atoms with van der Waals surface area (Å²) in [7, 11) is 0. The molecule has 0 bridgehead atoms. The molecule has 1 N–H and O–H groups in total. The molecule has 5 heterocycles. The van der Waals surface area contributed by atoms with Crippen molar-refractivity contribution in [2.24, 2.45) is 0 Å². The van der Waals surface area contributed by atoms with Gasteiger partial charge in [-0.2, -0.15) is 0 Å². The van der Waals surface area contributed by atoms with Crippen molar-refractivity contribution in [2.45, 2.75) is 26.1 Å². The normalized spacial score (nSPS) is 12.7. The van der Waals surface area contributed by atoms with Gasteiger partial charge in [0.2, 0.25) is 5.91 Å². The number of hydrogen-bond acceptors (Lipinski definition) is 5. The van der Waals surface area contributed by atoms with Crippen molar-refractivity contribution in [1.82, 2.24) is 34.0 Å². The summed E-state index contributed by atoms with van der Waals surface area (Å²) in [5, 5.41) is 13.0. The molecule has 9 nitrogen and oxygen atoms in total. The van der Waals surface area contributed by atoms with E-state index in [1.54, 1.807) is 4.57 Å². The van der Waals surface area contributed by atoms with Gasteiger partial charge in [0.25, 0.3) is 5.56 Å². The summed E-state index contributed by atoms with van der Waals surface area (Å²) >= 11 is 0. The summed E-state index contributed by atoms with van der Waals surface area (Å²) in [5.41, 5.74) is 4.22. The lowest BCUT2D eigenvalue weighted by molar-refractivity contribution is -0.121. The number of nitrogens with one attached hydrogen (secondary N) is 1. The van der Waals surface area contributed by atoms with Crippen LogP contribution in [0.4, 0.5) is 0 Å². The number of fused-ring (bicyclic) bond motifs is 7. The molecule has 7 rings (SSSR count). The van der Waals surface area contributed by atoms with Gasteiger partial charge in [-0.05, 0) is 42.3 Å². The molecule has 0 radical (unpaired) electrons. The molecule has 0 unspecified atom stereocenters. The Morgan fingerprint density at radius 3 is 2.67 bits per heavy atom. The van der Waals surface area contributed by atoms with Crippen LogP contribution in [0.5, 0.6) is 0 Å². The summed E-state index contributed by atoms with van der Waals surface area (Å²) in [5.74, 6) is 1.10. The molecule has 1 amide bonds. The molecule has 0 saturated heterocycles. The van der Waals surface area contributed by atoms with Gasteiger partial charge in [0, 0.05) is 23.6 Å². The Labute approximate surface area is 204 Å². The highest BCUT2D eigenvalue weighted by Gasteiger charge is 2.28. The second-order valence-corrected chi connectivity index (χ2v) is 8.91. The molecular formula is C27H21N7O2. The largest absolute Gasteiger partial charge is 0.347 e. The first kappa shape index (κ1) is 20.6. The van der Waals surface area contributed by atoms with Crippen LogP contribution in [0.1, 0.15) is 11.4 Å². The van der Waals surface area contributed by atoms with Crippen molar-refractivity contribution in [3.63, 3.8) is 0 Å². The summed E-state index contributed by atoms with van der Waals surface area (Å²) in [6.45, 7) is 0.902. The molecule has 2 aromatic carbocycles. The second-order valence-electron chi connectivity index (χ2n) is 8.91. The minimum Gasteiger partial charge on any atom is -0.347 e. The molecule has 0 saturated carbocycles. The lowest BCUT2D eigenvalue weighted by Gasteiger charge is -2.21. The molecular weight excluding hydrogens is 454 g/mol. The molecule has 0 aliphatic carbocycles. The number of nitrogens with zero attached hydrogens (tertiary/aromatic N) is 6. The number of benzene rings is 2. The molecule has 6 aromatic rings. The maximum absolute atomic E-state index is 13.3. The number of carbonyl (C=O) groups excluding carboxylic acids is 1. The van der Waals surface area contributed by atoms with E-state index in [9.17, 15) is 9.59 Å². The highest BCUT2D eigenvalue weighted by Crippen LogP contribution is 2.36. The van der Waals surface area contributed by atoms with Crippen molar-refractivity contribution in [1.29, 1.82) is 0 Å². The standard InChI is InChI=1S/C27H21N7O2/c35-24(28-15-23-31-30-22-11-5-6-13-32(22)23)16-34-21-10-4-2-7-17(21)18-12-14-33-26(25(18)34)29-20-9-3-1-8-19(20)27(33)36/h1-11,13H,12,14-16H2,(H,28,35). The Kier molecular flexibility index (Phi) is 4.50. The number of hydrogen-bond donors (Lipinski definition) is 1. The zero-order valence-corrected chi connectivity index (χ0v) is 19.3. The zero-order valence-electron chi connectivity index (χ0n) is 19.3. The fourth-order valence-corrected chi connectivity index (χ4v) is 5.22. The van der Waals surface area contributed by atoms with Crippen molar-refractivity contribution in [3.8, 4) is 11.5 Å². The van der Waals surface area contributed by atoms with Crippen LogP contribution < -0.4 is 10.9 Å². The number of carbonyl (C=O) groups is 1. The van der Waals surface area contributed by atoms with Gasteiger partial charge in [-0.15, -0.1) is 10.2 Å².